The van der Waals surface area contributed by atoms with Crippen LogP contribution in [0.1, 0.15) is 18.0 Å². The minimum atomic E-state index is 0.540. The van der Waals surface area contributed by atoms with Gasteiger partial charge in [-0.15, -0.1) is 0 Å². The zero-order valence-corrected chi connectivity index (χ0v) is 9.74. The summed E-state index contributed by atoms with van der Waals surface area (Å²) in [6.45, 7) is 2.12. The van der Waals surface area contributed by atoms with Crippen molar-refractivity contribution in [3.63, 3.8) is 0 Å². The van der Waals surface area contributed by atoms with Crippen molar-refractivity contribution in [3.8, 4) is 0 Å². The molecule has 0 radical (unpaired) electrons. The van der Waals surface area contributed by atoms with Crippen LogP contribution >= 0.6 is 15.9 Å². The average Bonchev–Trinajstić information content (AvgIpc) is 2.82. The summed E-state index contributed by atoms with van der Waals surface area (Å²) in [6.07, 6.45) is 4.96. The van der Waals surface area contributed by atoms with Crippen LogP contribution in [0.15, 0.2) is 23.1 Å². The monoisotopic (exact) mass is 266 g/mol. The molecule has 0 bridgehead atoms. The molecule has 0 saturated carbocycles. The fourth-order valence-corrected chi connectivity index (χ4v) is 2.80. The Labute approximate surface area is 95.9 Å². The lowest BCUT2D eigenvalue weighted by Crippen LogP contribution is -2.09. The molecule has 1 N–H and O–H groups in total. The molecule has 0 amide bonds. The highest BCUT2D eigenvalue weighted by Crippen LogP contribution is 2.29. The minimum absolute atomic E-state index is 0.540. The second kappa shape index (κ2) is 3.57. The predicted octanol–water partition coefficient (Wildman–Crippen LogP) is 1.57. The molecule has 5 heteroatoms. The first-order valence-electron chi connectivity index (χ1n) is 5.05. The zero-order valence-electron chi connectivity index (χ0n) is 8.15. The Hall–Kier alpha value is -0.940. The van der Waals surface area contributed by atoms with E-state index in [-0.39, 0.29) is 0 Å². The number of nitrogens with zero attached hydrogens (tertiary/aromatic N) is 3. The van der Waals surface area contributed by atoms with E-state index in [1.807, 2.05) is 12.3 Å². The summed E-state index contributed by atoms with van der Waals surface area (Å²) < 4.78 is 3.00. The quantitative estimate of drug-likeness (QED) is 0.852. The van der Waals surface area contributed by atoms with Crippen LogP contribution in [0.25, 0.3) is 5.78 Å². The Morgan fingerprint density at radius 3 is 3.27 bits per heavy atom. The molecule has 1 atom stereocenters. The summed E-state index contributed by atoms with van der Waals surface area (Å²) >= 11 is 3.52. The number of nitrogens with one attached hydrogen (secondary N) is 1. The molecule has 1 aliphatic heterocycles. The summed E-state index contributed by atoms with van der Waals surface area (Å²) in [5, 5.41) is 3.37. The second-order valence-corrected chi connectivity index (χ2v) is 4.52. The average molecular weight is 267 g/mol. The molecule has 0 spiro atoms. The van der Waals surface area contributed by atoms with E-state index in [1.54, 1.807) is 6.20 Å². The highest BCUT2D eigenvalue weighted by Gasteiger charge is 2.23. The summed E-state index contributed by atoms with van der Waals surface area (Å²) in [5.41, 5.74) is 1.24. The number of hydrogen-bond acceptors (Lipinski definition) is 3. The largest absolute Gasteiger partial charge is 0.316 e. The molecule has 1 aliphatic rings. The highest BCUT2D eigenvalue weighted by molar-refractivity contribution is 9.10. The fourth-order valence-electron chi connectivity index (χ4n) is 2.13. The van der Waals surface area contributed by atoms with Crippen LogP contribution in [-0.2, 0) is 0 Å². The SMILES string of the molecule is Brc1nc2ncccn2c1C1CCNC1. The molecular formula is C10H11BrN4. The molecule has 1 unspecified atom stereocenters. The van der Waals surface area contributed by atoms with Gasteiger partial charge in [-0.1, -0.05) is 0 Å². The molecule has 0 aromatic carbocycles. The van der Waals surface area contributed by atoms with Gasteiger partial charge in [-0.05, 0) is 35.0 Å². The molecule has 78 valence electrons. The van der Waals surface area contributed by atoms with Gasteiger partial charge >= 0.3 is 0 Å². The number of rotatable bonds is 1. The zero-order chi connectivity index (χ0) is 10.3. The van der Waals surface area contributed by atoms with Gasteiger partial charge in [0.15, 0.2) is 0 Å². The summed E-state index contributed by atoms with van der Waals surface area (Å²) in [6, 6.07) is 1.94. The van der Waals surface area contributed by atoms with Crippen molar-refractivity contribution in [1.82, 2.24) is 19.7 Å². The number of fused-ring (bicyclic) bond motifs is 1. The maximum atomic E-state index is 4.40. The number of aromatic nitrogens is 3. The normalized spacial score (nSPS) is 21.3. The number of halogens is 1. The van der Waals surface area contributed by atoms with Crippen molar-refractivity contribution in [1.29, 1.82) is 0 Å². The van der Waals surface area contributed by atoms with Gasteiger partial charge in [-0.25, -0.2) is 9.97 Å². The molecule has 3 rings (SSSR count). The van der Waals surface area contributed by atoms with Crippen LogP contribution in [0.2, 0.25) is 0 Å². The van der Waals surface area contributed by atoms with Crippen LogP contribution in [-0.4, -0.2) is 27.5 Å². The number of hydrogen-bond donors (Lipinski definition) is 1. The Bertz CT molecular complexity index is 487. The van der Waals surface area contributed by atoms with E-state index in [2.05, 4.69) is 35.6 Å². The van der Waals surface area contributed by atoms with Crippen LogP contribution in [0.4, 0.5) is 0 Å². The molecule has 0 aliphatic carbocycles. The van der Waals surface area contributed by atoms with Crippen molar-refractivity contribution in [2.75, 3.05) is 13.1 Å². The maximum Gasteiger partial charge on any atom is 0.235 e. The van der Waals surface area contributed by atoms with Gasteiger partial charge in [-0.3, -0.25) is 4.40 Å². The molecule has 2 aromatic rings. The van der Waals surface area contributed by atoms with Gasteiger partial charge in [-0.2, -0.15) is 0 Å². The molecule has 1 fully saturated rings. The highest BCUT2D eigenvalue weighted by atomic mass is 79.9. The minimum Gasteiger partial charge on any atom is -0.316 e. The third kappa shape index (κ3) is 1.46. The molecule has 3 heterocycles. The van der Waals surface area contributed by atoms with E-state index >= 15 is 0 Å². The van der Waals surface area contributed by atoms with Crippen LogP contribution in [0, 0.1) is 0 Å². The van der Waals surface area contributed by atoms with Crippen LogP contribution < -0.4 is 5.32 Å². The third-order valence-electron chi connectivity index (χ3n) is 2.84. The van der Waals surface area contributed by atoms with Crippen molar-refractivity contribution in [2.45, 2.75) is 12.3 Å². The Kier molecular flexibility index (Phi) is 2.21. The maximum absolute atomic E-state index is 4.40. The fraction of sp³-hybridized carbons (Fsp3) is 0.400. The molecule has 4 nitrogen and oxygen atoms in total. The Morgan fingerprint density at radius 2 is 2.47 bits per heavy atom. The smallest absolute Gasteiger partial charge is 0.235 e. The van der Waals surface area contributed by atoms with Gasteiger partial charge < -0.3 is 5.32 Å². The first-order chi connectivity index (χ1) is 7.36. The van der Waals surface area contributed by atoms with Gasteiger partial charge in [0.2, 0.25) is 5.78 Å². The van der Waals surface area contributed by atoms with Crippen molar-refractivity contribution < 1.29 is 0 Å². The first kappa shape index (κ1) is 9.30. The standard InChI is InChI=1S/C10H11BrN4/c11-9-8(7-2-4-12-6-7)15-5-1-3-13-10(15)14-9/h1,3,5,7,12H,2,4,6H2. The lowest BCUT2D eigenvalue weighted by atomic mass is 10.1. The summed E-state index contributed by atoms with van der Waals surface area (Å²) in [5.74, 6) is 1.31. The third-order valence-corrected chi connectivity index (χ3v) is 3.43. The van der Waals surface area contributed by atoms with Gasteiger partial charge in [0.25, 0.3) is 0 Å². The summed E-state index contributed by atoms with van der Waals surface area (Å²) in [4.78, 5) is 8.63. The topological polar surface area (TPSA) is 42.2 Å². The van der Waals surface area contributed by atoms with Crippen molar-refractivity contribution in [3.05, 3.63) is 28.8 Å². The molecule has 15 heavy (non-hydrogen) atoms. The Balaban J connectivity index is 2.19. The van der Waals surface area contributed by atoms with E-state index in [4.69, 9.17) is 0 Å². The van der Waals surface area contributed by atoms with E-state index in [0.29, 0.717) is 5.92 Å². The summed E-state index contributed by atoms with van der Waals surface area (Å²) in [7, 11) is 0. The van der Waals surface area contributed by atoms with Gasteiger partial charge in [0.05, 0.1) is 5.69 Å². The number of imidazole rings is 1. The van der Waals surface area contributed by atoms with E-state index in [9.17, 15) is 0 Å². The molecular weight excluding hydrogens is 256 g/mol. The van der Waals surface area contributed by atoms with E-state index in [0.717, 1.165) is 23.5 Å². The lowest BCUT2D eigenvalue weighted by Gasteiger charge is -2.08. The molecule has 2 aromatic heterocycles. The van der Waals surface area contributed by atoms with Crippen LogP contribution in [0.5, 0.6) is 0 Å². The van der Waals surface area contributed by atoms with Crippen molar-refractivity contribution in [2.24, 2.45) is 0 Å². The van der Waals surface area contributed by atoms with Gasteiger partial charge in [0, 0.05) is 24.9 Å². The van der Waals surface area contributed by atoms with E-state index < -0.39 is 0 Å². The second-order valence-electron chi connectivity index (χ2n) is 3.77. The van der Waals surface area contributed by atoms with E-state index in [1.165, 1.54) is 12.1 Å². The van der Waals surface area contributed by atoms with Crippen molar-refractivity contribution >= 4 is 21.7 Å². The molecule has 1 saturated heterocycles. The van der Waals surface area contributed by atoms with Crippen LogP contribution in [0.3, 0.4) is 0 Å². The predicted molar refractivity (Wildman–Crippen MR) is 60.9 cm³/mol. The first-order valence-corrected chi connectivity index (χ1v) is 5.85. The lowest BCUT2D eigenvalue weighted by molar-refractivity contribution is 0.720. The Morgan fingerprint density at radius 1 is 1.53 bits per heavy atom. The van der Waals surface area contributed by atoms with Gasteiger partial charge in [0.1, 0.15) is 4.60 Å².